The van der Waals surface area contributed by atoms with Gasteiger partial charge in [-0.1, -0.05) is 43.5 Å². The van der Waals surface area contributed by atoms with E-state index in [4.69, 9.17) is 11.6 Å². The van der Waals surface area contributed by atoms with Gasteiger partial charge in [-0.05, 0) is 38.8 Å². The zero-order chi connectivity index (χ0) is 15.2. The van der Waals surface area contributed by atoms with Crippen LogP contribution in [0.5, 0.6) is 0 Å². The van der Waals surface area contributed by atoms with Crippen molar-refractivity contribution in [1.82, 2.24) is 5.32 Å². The molecule has 0 radical (unpaired) electrons. The molecule has 0 aliphatic heterocycles. The number of nitrogens with one attached hydrogen (secondary N) is 1. The fraction of sp³-hybridized carbons (Fsp3) is 0.647. The summed E-state index contributed by atoms with van der Waals surface area (Å²) in [6.07, 6.45) is 3.73. The van der Waals surface area contributed by atoms with Crippen molar-refractivity contribution in [2.45, 2.75) is 59.0 Å². The molecule has 0 saturated heterocycles. The van der Waals surface area contributed by atoms with E-state index in [-0.39, 0.29) is 5.54 Å². The molecule has 1 rings (SSSR count). The molecule has 0 unspecified atom stereocenters. The van der Waals surface area contributed by atoms with E-state index in [1.165, 1.54) is 30.5 Å². The zero-order valence-corrected chi connectivity index (χ0v) is 14.3. The van der Waals surface area contributed by atoms with Crippen molar-refractivity contribution in [3.8, 4) is 0 Å². The molecule has 0 amide bonds. The number of benzene rings is 1. The number of unbranched alkanes of at least 4 members (excludes halogenated alkanes) is 2. The number of para-hydroxylation sites is 1. The molecule has 1 aromatic rings. The number of halogens is 1. The summed E-state index contributed by atoms with van der Waals surface area (Å²) < 4.78 is 0. The van der Waals surface area contributed by atoms with Crippen LogP contribution in [0.3, 0.4) is 0 Å². The number of anilines is 1. The summed E-state index contributed by atoms with van der Waals surface area (Å²) in [6, 6.07) is 6.18. The molecule has 114 valence electrons. The topological polar surface area (TPSA) is 15.3 Å². The van der Waals surface area contributed by atoms with E-state index in [9.17, 15) is 0 Å². The highest BCUT2D eigenvalue weighted by molar-refractivity contribution is 6.33. The first-order valence-electron chi connectivity index (χ1n) is 7.58. The second-order valence-corrected chi connectivity index (χ2v) is 6.89. The fourth-order valence-corrected chi connectivity index (χ4v) is 2.54. The lowest BCUT2D eigenvalue weighted by atomic mass is 10.1. The Hall–Kier alpha value is -0.730. The lowest BCUT2D eigenvalue weighted by Crippen LogP contribution is -2.35. The Morgan fingerprint density at radius 3 is 2.50 bits per heavy atom. The number of rotatable bonds is 7. The lowest BCUT2D eigenvalue weighted by molar-refractivity contribution is 0.424. The fourth-order valence-electron chi connectivity index (χ4n) is 2.20. The van der Waals surface area contributed by atoms with Crippen molar-refractivity contribution in [1.29, 1.82) is 0 Å². The highest BCUT2D eigenvalue weighted by atomic mass is 35.5. The van der Waals surface area contributed by atoms with Crippen molar-refractivity contribution in [2.75, 3.05) is 18.5 Å². The van der Waals surface area contributed by atoms with Gasteiger partial charge in [0.05, 0.1) is 10.7 Å². The van der Waals surface area contributed by atoms with E-state index in [2.05, 4.69) is 51.0 Å². The van der Waals surface area contributed by atoms with Crippen molar-refractivity contribution in [2.24, 2.45) is 0 Å². The van der Waals surface area contributed by atoms with Gasteiger partial charge in [-0.2, -0.15) is 0 Å². The van der Waals surface area contributed by atoms with E-state index in [0.29, 0.717) is 0 Å². The smallest absolute Gasteiger partial charge is 0.0642 e. The molecule has 1 aromatic carbocycles. The second kappa shape index (κ2) is 7.90. The van der Waals surface area contributed by atoms with Gasteiger partial charge in [0.1, 0.15) is 0 Å². The molecule has 0 atom stereocenters. The molecule has 0 bridgehead atoms. The van der Waals surface area contributed by atoms with Crippen molar-refractivity contribution in [3.63, 3.8) is 0 Å². The SMILES string of the molecule is CCCCCN(C)c1c(Cl)cccc1CNC(C)(C)C. The summed E-state index contributed by atoms with van der Waals surface area (Å²) in [5.41, 5.74) is 2.55. The molecular weight excluding hydrogens is 268 g/mol. The van der Waals surface area contributed by atoms with Crippen molar-refractivity contribution in [3.05, 3.63) is 28.8 Å². The van der Waals surface area contributed by atoms with Gasteiger partial charge < -0.3 is 10.2 Å². The van der Waals surface area contributed by atoms with Crippen LogP contribution in [-0.2, 0) is 6.54 Å². The van der Waals surface area contributed by atoms with Crippen LogP contribution in [-0.4, -0.2) is 19.1 Å². The van der Waals surface area contributed by atoms with Gasteiger partial charge in [-0.15, -0.1) is 0 Å². The highest BCUT2D eigenvalue weighted by Crippen LogP contribution is 2.29. The molecule has 3 heteroatoms. The maximum Gasteiger partial charge on any atom is 0.0642 e. The predicted molar refractivity (Wildman–Crippen MR) is 90.8 cm³/mol. The quantitative estimate of drug-likeness (QED) is 0.723. The third kappa shape index (κ3) is 5.72. The van der Waals surface area contributed by atoms with Crippen LogP contribution >= 0.6 is 11.6 Å². The Bertz CT molecular complexity index is 410. The summed E-state index contributed by atoms with van der Waals surface area (Å²) in [7, 11) is 2.14. The van der Waals surface area contributed by atoms with E-state index in [1.807, 2.05) is 12.1 Å². The Balaban J connectivity index is 2.82. The molecule has 2 nitrogen and oxygen atoms in total. The number of hydrogen-bond donors (Lipinski definition) is 1. The minimum absolute atomic E-state index is 0.111. The molecule has 0 aliphatic rings. The van der Waals surface area contributed by atoms with Gasteiger partial charge in [-0.25, -0.2) is 0 Å². The Kier molecular flexibility index (Phi) is 6.84. The summed E-state index contributed by atoms with van der Waals surface area (Å²) in [5.74, 6) is 0. The monoisotopic (exact) mass is 296 g/mol. The van der Waals surface area contributed by atoms with Gasteiger partial charge in [0.2, 0.25) is 0 Å². The third-order valence-electron chi connectivity index (χ3n) is 3.36. The maximum atomic E-state index is 6.42. The summed E-state index contributed by atoms with van der Waals surface area (Å²) in [6.45, 7) is 10.7. The Morgan fingerprint density at radius 1 is 1.20 bits per heavy atom. The highest BCUT2D eigenvalue weighted by Gasteiger charge is 2.14. The molecule has 1 N–H and O–H groups in total. The molecule has 0 saturated carbocycles. The first-order valence-corrected chi connectivity index (χ1v) is 7.96. The normalized spacial score (nSPS) is 11.7. The molecule has 20 heavy (non-hydrogen) atoms. The van der Waals surface area contributed by atoms with Crippen molar-refractivity contribution >= 4 is 17.3 Å². The maximum absolute atomic E-state index is 6.42. The number of nitrogens with zero attached hydrogens (tertiary/aromatic N) is 1. The summed E-state index contributed by atoms with van der Waals surface area (Å²) in [5, 5.41) is 4.39. The van der Waals surface area contributed by atoms with E-state index >= 15 is 0 Å². The van der Waals surface area contributed by atoms with Gasteiger partial charge in [0.15, 0.2) is 0 Å². The second-order valence-electron chi connectivity index (χ2n) is 6.48. The van der Waals surface area contributed by atoms with Crippen LogP contribution in [0.2, 0.25) is 5.02 Å². The molecule has 0 aliphatic carbocycles. The van der Waals surface area contributed by atoms with Crippen LogP contribution in [0.25, 0.3) is 0 Å². The average molecular weight is 297 g/mol. The standard InChI is InChI=1S/C17H29ClN2/c1-6-7-8-12-20(5)16-14(10-9-11-15(16)18)13-19-17(2,3)4/h9-11,19H,6-8,12-13H2,1-5H3. The Morgan fingerprint density at radius 2 is 1.90 bits per heavy atom. The minimum atomic E-state index is 0.111. The van der Waals surface area contributed by atoms with Gasteiger partial charge >= 0.3 is 0 Å². The molecule has 0 spiro atoms. The van der Waals surface area contributed by atoms with Crippen LogP contribution in [0.1, 0.15) is 52.5 Å². The molecule has 0 fully saturated rings. The lowest BCUT2D eigenvalue weighted by Gasteiger charge is -2.26. The minimum Gasteiger partial charge on any atom is -0.373 e. The first kappa shape index (κ1) is 17.3. The largest absolute Gasteiger partial charge is 0.373 e. The summed E-state index contributed by atoms with van der Waals surface area (Å²) in [4.78, 5) is 2.29. The van der Waals surface area contributed by atoms with Gasteiger partial charge in [0.25, 0.3) is 0 Å². The predicted octanol–water partition coefficient (Wildman–Crippen LogP) is 4.85. The van der Waals surface area contributed by atoms with Crippen LogP contribution < -0.4 is 10.2 Å². The molecule has 0 heterocycles. The van der Waals surface area contributed by atoms with E-state index < -0.39 is 0 Å². The molecular formula is C17H29ClN2. The molecule has 0 aromatic heterocycles. The number of hydrogen-bond acceptors (Lipinski definition) is 2. The zero-order valence-electron chi connectivity index (χ0n) is 13.6. The van der Waals surface area contributed by atoms with Gasteiger partial charge in [0, 0.05) is 25.7 Å². The van der Waals surface area contributed by atoms with Gasteiger partial charge in [-0.3, -0.25) is 0 Å². The van der Waals surface area contributed by atoms with Crippen LogP contribution in [0.15, 0.2) is 18.2 Å². The van der Waals surface area contributed by atoms with Crippen LogP contribution in [0, 0.1) is 0 Å². The summed E-state index contributed by atoms with van der Waals surface area (Å²) >= 11 is 6.42. The average Bonchev–Trinajstić information content (AvgIpc) is 2.35. The Labute approximate surface area is 129 Å². The third-order valence-corrected chi connectivity index (χ3v) is 3.66. The van der Waals surface area contributed by atoms with Crippen molar-refractivity contribution < 1.29 is 0 Å². The van der Waals surface area contributed by atoms with E-state index in [0.717, 1.165) is 18.1 Å². The van der Waals surface area contributed by atoms with E-state index in [1.54, 1.807) is 0 Å². The first-order chi connectivity index (χ1) is 9.35. The van der Waals surface area contributed by atoms with Crippen LogP contribution in [0.4, 0.5) is 5.69 Å².